The van der Waals surface area contributed by atoms with Gasteiger partial charge in [0.15, 0.2) is 0 Å². The first-order valence-corrected chi connectivity index (χ1v) is 10.3. The van der Waals surface area contributed by atoms with Gasteiger partial charge in [0.1, 0.15) is 5.75 Å². The van der Waals surface area contributed by atoms with Crippen LogP contribution in [0.15, 0.2) is 71.6 Å². The minimum absolute atomic E-state index is 0.190. The van der Waals surface area contributed by atoms with Crippen LogP contribution in [0.1, 0.15) is 12.8 Å². The van der Waals surface area contributed by atoms with Crippen molar-refractivity contribution in [3.05, 3.63) is 71.8 Å². The molecule has 0 saturated carbocycles. The zero-order valence-corrected chi connectivity index (χ0v) is 17.1. The molecule has 0 amide bonds. The molecule has 0 fully saturated rings. The number of ether oxygens (including phenoxy) is 1. The van der Waals surface area contributed by atoms with E-state index in [9.17, 15) is 4.79 Å². The Hall–Kier alpha value is -2.43. The Balaban J connectivity index is 1.92. The summed E-state index contributed by atoms with van der Waals surface area (Å²) in [5.74, 6) is 0.827. The fourth-order valence-electron chi connectivity index (χ4n) is 2.85. The van der Waals surface area contributed by atoms with E-state index in [1.165, 1.54) is 0 Å². The van der Waals surface area contributed by atoms with Crippen LogP contribution >= 0.6 is 23.4 Å². The number of thioether (sulfide) groups is 1. The zero-order chi connectivity index (χ0) is 19.9. The van der Waals surface area contributed by atoms with E-state index in [2.05, 4.69) is 18.2 Å². The van der Waals surface area contributed by atoms with Gasteiger partial charge in [-0.25, -0.2) is 0 Å². The summed E-state index contributed by atoms with van der Waals surface area (Å²) >= 11 is 7.71. The number of methoxy groups -OCH3 is 1. The molecule has 0 radical (unpaired) electrons. The maximum atomic E-state index is 10.7. The van der Waals surface area contributed by atoms with Crippen molar-refractivity contribution in [2.24, 2.45) is 0 Å². The highest BCUT2D eigenvalue weighted by atomic mass is 35.5. The average Bonchev–Trinajstić information content (AvgIpc) is 2.71. The average molecular weight is 413 g/mol. The minimum atomic E-state index is -0.755. The number of carbonyl (C=O) groups is 1. The Morgan fingerprint density at radius 3 is 2.04 bits per heavy atom. The van der Waals surface area contributed by atoms with Crippen LogP contribution in [0.4, 0.5) is 0 Å². The van der Waals surface area contributed by atoms with Crippen LogP contribution < -0.4 is 4.74 Å². The summed E-state index contributed by atoms with van der Waals surface area (Å²) in [5, 5.41) is 9.54. The second-order valence-electron chi connectivity index (χ2n) is 6.33. The highest BCUT2D eigenvalue weighted by Crippen LogP contribution is 2.33. The highest BCUT2D eigenvalue weighted by Gasteiger charge is 2.07. The number of benzene rings is 3. The van der Waals surface area contributed by atoms with E-state index in [0.717, 1.165) is 38.7 Å². The van der Waals surface area contributed by atoms with Gasteiger partial charge in [-0.3, -0.25) is 4.79 Å². The van der Waals surface area contributed by atoms with Crippen LogP contribution in [0.3, 0.4) is 0 Å². The fourth-order valence-corrected chi connectivity index (χ4v) is 3.93. The van der Waals surface area contributed by atoms with Gasteiger partial charge in [0, 0.05) is 16.3 Å². The lowest BCUT2D eigenvalue weighted by atomic mass is 9.99. The van der Waals surface area contributed by atoms with Gasteiger partial charge >= 0.3 is 5.97 Å². The molecule has 0 unspecified atom stereocenters. The number of carboxylic acids is 1. The number of hydrogen-bond donors (Lipinski definition) is 1. The summed E-state index contributed by atoms with van der Waals surface area (Å²) in [7, 11) is 1.65. The second kappa shape index (κ2) is 9.67. The van der Waals surface area contributed by atoms with Crippen molar-refractivity contribution in [2.75, 3.05) is 12.9 Å². The molecule has 3 nitrogen and oxygen atoms in total. The quantitative estimate of drug-likeness (QED) is 0.332. The third kappa shape index (κ3) is 5.54. The van der Waals surface area contributed by atoms with Crippen molar-refractivity contribution in [3.63, 3.8) is 0 Å². The van der Waals surface area contributed by atoms with Gasteiger partial charge in [-0.05, 0) is 76.9 Å². The summed E-state index contributed by atoms with van der Waals surface area (Å²) < 4.78 is 5.25. The van der Waals surface area contributed by atoms with Gasteiger partial charge < -0.3 is 9.84 Å². The Labute approximate surface area is 174 Å². The van der Waals surface area contributed by atoms with E-state index < -0.39 is 5.97 Å². The van der Waals surface area contributed by atoms with Gasteiger partial charge in [0.25, 0.3) is 0 Å². The van der Waals surface area contributed by atoms with Crippen LogP contribution in [0, 0.1) is 0 Å². The third-order valence-electron chi connectivity index (χ3n) is 4.31. The van der Waals surface area contributed by atoms with E-state index >= 15 is 0 Å². The molecule has 3 aromatic carbocycles. The molecule has 0 aliphatic carbocycles. The lowest BCUT2D eigenvalue weighted by Gasteiger charge is -2.11. The summed E-state index contributed by atoms with van der Waals surface area (Å²) in [6, 6.07) is 22.2. The Morgan fingerprint density at radius 2 is 1.50 bits per heavy atom. The molecule has 0 aliphatic rings. The topological polar surface area (TPSA) is 46.5 Å². The van der Waals surface area contributed by atoms with E-state index in [1.807, 2.05) is 48.5 Å². The molecule has 3 aromatic rings. The van der Waals surface area contributed by atoms with Crippen molar-refractivity contribution in [2.45, 2.75) is 17.7 Å². The molecule has 1 N–H and O–H groups in total. The first-order chi connectivity index (χ1) is 13.5. The largest absolute Gasteiger partial charge is 0.497 e. The maximum absolute atomic E-state index is 10.7. The third-order valence-corrected chi connectivity index (χ3v) is 5.62. The van der Waals surface area contributed by atoms with Crippen LogP contribution in [0.25, 0.3) is 22.3 Å². The normalized spacial score (nSPS) is 10.6. The summed E-state index contributed by atoms with van der Waals surface area (Å²) in [6.45, 7) is 0. The number of aliphatic carboxylic acids is 1. The minimum Gasteiger partial charge on any atom is -0.497 e. The van der Waals surface area contributed by atoms with Crippen molar-refractivity contribution >= 4 is 29.3 Å². The second-order valence-corrected chi connectivity index (χ2v) is 7.93. The van der Waals surface area contributed by atoms with Crippen molar-refractivity contribution in [1.82, 2.24) is 0 Å². The van der Waals surface area contributed by atoms with E-state index in [4.69, 9.17) is 21.4 Å². The smallest absolute Gasteiger partial charge is 0.303 e. The Bertz CT molecular complexity index is 937. The van der Waals surface area contributed by atoms with Gasteiger partial charge in [-0.15, -0.1) is 11.8 Å². The number of halogens is 1. The SMILES string of the molecule is COc1ccc(-c2cc(SCCCC(=O)O)cc(-c3ccc(Cl)cc3)c2)cc1. The molecular formula is C23H21ClO3S. The molecule has 0 aromatic heterocycles. The molecule has 0 heterocycles. The molecule has 3 rings (SSSR count). The fraction of sp³-hybridized carbons (Fsp3) is 0.174. The van der Waals surface area contributed by atoms with Gasteiger partial charge in [0.05, 0.1) is 7.11 Å². The lowest BCUT2D eigenvalue weighted by Crippen LogP contribution is -1.94. The first-order valence-electron chi connectivity index (χ1n) is 8.95. The van der Waals surface area contributed by atoms with Crippen molar-refractivity contribution < 1.29 is 14.6 Å². The zero-order valence-electron chi connectivity index (χ0n) is 15.5. The van der Waals surface area contributed by atoms with E-state index in [1.54, 1.807) is 18.9 Å². The molecule has 0 saturated heterocycles. The first kappa shape index (κ1) is 20.3. The number of hydrogen-bond acceptors (Lipinski definition) is 3. The Kier molecular flexibility index (Phi) is 7.01. The monoisotopic (exact) mass is 412 g/mol. The lowest BCUT2D eigenvalue weighted by molar-refractivity contribution is -0.137. The summed E-state index contributed by atoms with van der Waals surface area (Å²) in [4.78, 5) is 11.9. The Morgan fingerprint density at radius 1 is 0.929 bits per heavy atom. The van der Waals surface area contributed by atoms with Crippen LogP contribution in [-0.4, -0.2) is 23.9 Å². The summed E-state index contributed by atoms with van der Waals surface area (Å²) in [6.07, 6.45) is 0.832. The van der Waals surface area contributed by atoms with Crippen molar-refractivity contribution in [3.8, 4) is 28.0 Å². The predicted molar refractivity (Wildman–Crippen MR) is 116 cm³/mol. The van der Waals surface area contributed by atoms with Gasteiger partial charge in [-0.1, -0.05) is 35.9 Å². The molecule has 0 spiro atoms. The van der Waals surface area contributed by atoms with Gasteiger partial charge in [0.2, 0.25) is 0 Å². The predicted octanol–water partition coefficient (Wildman–Crippen LogP) is 6.64. The molecule has 0 aliphatic heterocycles. The maximum Gasteiger partial charge on any atom is 0.303 e. The standard InChI is InChI=1S/C23H21ClO3S/c1-27-21-10-6-17(7-11-21)19-13-18(16-4-8-20(24)9-5-16)14-22(15-19)28-12-2-3-23(25)26/h4-11,13-15H,2-3,12H2,1H3,(H,25,26). The molecule has 0 atom stereocenters. The van der Waals surface area contributed by atoms with Crippen LogP contribution in [0.5, 0.6) is 5.75 Å². The van der Waals surface area contributed by atoms with Crippen LogP contribution in [0.2, 0.25) is 5.02 Å². The summed E-state index contributed by atoms with van der Waals surface area (Å²) in [5.41, 5.74) is 4.40. The van der Waals surface area contributed by atoms with Crippen molar-refractivity contribution in [1.29, 1.82) is 0 Å². The molecule has 144 valence electrons. The molecule has 0 bridgehead atoms. The van der Waals surface area contributed by atoms with Gasteiger partial charge in [-0.2, -0.15) is 0 Å². The molecule has 28 heavy (non-hydrogen) atoms. The number of rotatable bonds is 8. The van der Waals surface area contributed by atoms with Crippen LogP contribution in [-0.2, 0) is 4.79 Å². The van der Waals surface area contributed by atoms with E-state index in [-0.39, 0.29) is 6.42 Å². The number of carboxylic acid groups (broad SMARTS) is 1. The highest BCUT2D eigenvalue weighted by molar-refractivity contribution is 7.99. The molecular weight excluding hydrogens is 392 g/mol. The molecule has 5 heteroatoms. The van der Waals surface area contributed by atoms with E-state index in [0.29, 0.717) is 11.4 Å².